The Morgan fingerprint density at radius 3 is 2.86 bits per heavy atom. The molecule has 1 saturated heterocycles. The van der Waals surface area contributed by atoms with E-state index in [4.69, 9.17) is 9.47 Å². The molecule has 0 unspecified atom stereocenters. The van der Waals surface area contributed by atoms with Gasteiger partial charge in [0.15, 0.2) is 0 Å². The standard InChI is InChI=1S/C14H14BrN3O3/c1-20-14(19)9-6-10(15)13-11(7-9)16-8-12(17-13)18-2-4-21-5-3-18/h6-8H,2-5H2,1H3. The first-order valence-corrected chi connectivity index (χ1v) is 7.35. The van der Waals surface area contributed by atoms with Gasteiger partial charge in [-0.2, -0.15) is 0 Å². The van der Waals surface area contributed by atoms with E-state index in [1.54, 1.807) is 18.3 Å². The molecule has 1 aromatic carbocycles. The Kier molecular flexibility index (Phi) is 4.03. The highest BCUT2D eigenvalue weighted by Gasteiger charge is 2.16. The van der Waals surface area contributed by atoms with Crippen molar-refractivity contribution >= 4 is 38.8 Å². The van der Waals surface area contributed by atoms with Crippen LogP contribution in [0.5, 0.6) is 0 Å². The maximum Gasteiger partial charge on any atom is 0.337 e. The van der Waals surface area contributed by atoms with Gasteiger partial charge in [-0.3, -0.25) is 4.98 Å². The molecule has 1 aliphatic rings. The fourth-order valence-electron chi connectivity index (χ4n) is 2.24. The summed E-state index contributed by atoms with van der Waals surface area (Å²) in [6.07, 6.45) is 1.72. The van der Waals surface area contributed by atoms with Crippen molar-refractivity contribution in [2.24, 2.45) is 0 Å². The smallest absolute Gasteiger partial charge is 0.337 e. The molecule has 0 saturated carbocycles. The highest BCUT2D eigenvalue weighted by molar-refractivity contribution is 9.10. The third-order valence-electron chi connectivity index (χ3n) is 3.34. The number of hydrogen-bond acceptors (Lipinski definition) is 6. The fourth-order valence-corrected chi connectivity index (χ4v) is 2.78. The van der Waals surface area contributed by atoms with Crippen LogP contribution in [0.2, 0.25) is 0 Å². The quantitative estimate of drug-likeness (QED) is 0.771. The van der Waals surface area contributed by atoms with Crippen LogP contribution in [0.4, 0.5) is 5.82 Å². The van der Waals surface area contributed by atoms with Crippen molar-refractivity contribution in [3.63, 3.8) is 0 Å². The number of methoxy groups -OCH3 is 1. The molecular formula is C14H14BrN3O3. The number of carbonyl (C=O) groups is 1. The summed E-state index contributed by atoms with van der Waals surface area (Å²) in [6.45, 7) is 3.00. The van der Waals surface area contributed by atoms with Crippen LogP contribution < -0.4 is 4.90 Å². The summed E-state index contributed by atoms with van der Waals surface area (Å²) < 4.78 is 10.8. The van der Waals surface area contributed by atoms with Crippen molar-refractivity contribution in [1.82, 2.24) is 9.97 Å². The normalized spacial score (nSPS) is 15.2. The monoisotopic (exact) mass is 351 g/mol. The van der Waals surface area contributed by atoms with E-state index in [0.717, 1.165) is 28.9 Å². The van der Waals surface area contributed by atoms with Gasteiger partial charge >= 0.3 is 5.97 Å². The first kappa shape index (κ1) is 14.2. The lowest BCUT2D eigenvalue weighted by atomic mass is 10.2. The number of benzene rings is 1. The molecule has 0 radical (unpaired) electrons. The van der Waals surface area contributed by atoms with Crippen LogP contribution in [0.15, 0.2) is 22.8 Å². The van der Waals surface area contributed by atoms with Crippen molar-refractivity contribution in [2.75, 3.05) is 38.3 Å². The number of ether oxygens (including phenoxy) is 2. The second kappa shape index (κ2) is 5.95. The summed E-state index contributed by atoms with van der Waals surface area (Å²) in [4.78, 5) is 22.8. The van der Waals surface area contributed by atoms with Crippen molar-refractivity contribution < 1.29 is 14.3 Å². The lowest BCUT2D eigenvalue weighted by Gasteiger charge is -2.27. The molecular weight excluding hydrogens is 338 g/mol. The SMILES string of the molecule is COC(=O)c1cc(Br)c2nc(N3CCOCC3)cnc2c1. The van der Waals surface area contributed by atoms with Crippen molar-refractivity contribution in [2.45, 2.75) is 0 Å². The molecule has 0 aliphatic carbocycles. The zero-order chi connectivity index (χ0) is 14.8. The number of rotatable bonds is 2. The van der Waals surface area contributed by atoms with Crippen molar-refractivity contribution in [3.8, 4) is 0 Å². The Morgan fingerprint density at radius 2 is 2.14 bits per heavy atom. The van der Waals surface area contributed by atoms with Crippen LogP contribution in [-0.2, 0) is 9.47 Å². The topological polar surface area (TPSA) is 64.5 Å². The molecule has 1 aliphatic heterocycles. The summed E-state index contributed by atoms with van der Waals surface area (Å²) in [6, 6.07) is 3.38. The van der Waals surface area contributed by atoms with Gasteiger partial charge in [-0.15, -0.1) is 0 Å². The Labute approximate surface area is 130 Å². The molecule has 0 N–H and O–H groups in total. The van der Waals surface area contributed by atoms with E-state index in [0.29, 0.717) is 24.3 Å². The van der Waals surface area contributed by atoms with E-state index < -0.39 is 5.97 Å². The molecule has 0 bridgehead atoms. The summed E-state index contributed by atoms with van der Waals surface area (Å²) >= 11 is 3.45. The van der Waals surface area contributed by atoms with Crippen LogP contribution in [0.3, 0.4) is 0 Å². The van der Waals surface area contributed by atoms with Crippen molar-refractivity contribution in [3.05, 3.63) is 28.4 Å². The molecule has 1 fully saturated rings. The maximum absolute atomic E-state index is 11.6. The lowest BCUT2D eigenvalue weighted by Crippen LogP contribution is -2.36. The second-order valence-corrected chi connectivity index (χ2v) is 5.50. The Balaban J connectivity index is 2.01. The third-order valence-corrected chi connectivity index (χ3v) is 3.95. The van der Waals surface area contributed by atoms with Gasteiger partial charge in [0.1, 0.15) is 11.3 Å². The Morgan fingerprint density at radius 1 is 1.38 bits per heavy atom. The number of aromatic nitrogens is 2. The molecule has 2 aromatic rings. The average Bonchev–Trinajstić information content (AvgIpc) is 2.54. The highest BCUT2D eigenvalue weighted by atomic mass is 79.9. The van der Waals surface area contributed by atoms with Gasteiger partial charge in [0.05, 0.1) is 37.6 Å². The van der Waals surface area contributed by atoms with E-state index >= 15 is 0 Å². The highest BCUT2D eigenvalue weighted by Crippen LogP contribution is 2.25. The minimum absolute atomic E-state index is 0.392. The van der Waals surface area contributed by atoms with Crippen LogP contribution in [0.1, 0.15) is 10.4 Å². The lowest BCUT2D eigenvalue weighted by molar-refractivity contribution is 0.0601. The average molecular weight is 352 g/mol. The summed E-state index contributed by atoms with van der Waals surface area (Å²) in [5.41, 5.74) is 1.83. The van der Waals surface area contributed by atoms with Gasteiger partial charge < -0.3 is 14.4 Å². The molecule has 1 aromatic heterocycles. The Hall–Kier alpha value is -1.73. The van der Waals surface area contributed by atoms with Gasteiger partial charge in [0, 0.05) is 17.6 Å². The first-order chi connectivity index (χ1) is 10.2. The molecule has 0 atom stereocenters. The molecule has 0 spiro atoms. The van der Waals surface area contributed by atoms with E-state index in [9.17, 15) is 4.79 Å². The number of halogens is 1. The number of fused-ring (bicyclic) bond motifs is 1. The van der Waals surface area contributed by atoms with Gasteiger partial charge in [-0.05, 0) is 28.1 Å². The van der Waals surface area contributed by atoms with Gasteiger partial charge in [0.25, 0.3) is 0 Å². The predicted molar refractivity (Wildman–Crippen MR) is 81.6 cm³/mol. The van der Waals surface area contributed by atoms with E-state index in [2.05, 4.69) is 30.8 Å². The third kappa shape index (κ3) is 2.84. The predicted octanol–water partition coefficient (Wildman–Crippen LogP) is 2.02. The van der Waals surface area contributed by atoms with Gasteiger partial charge in [-0.25, -0.2) is 9.78 Å². The minimum Gasteiger partial charge on any atom is -0.465 e. The zero-order valence-corrected chi connectivity index (χ0v) is 13.1. The molecule has 7 heteroatoms. The Bertz CT molecular complexity index is 686. The largest absolute Gasteiger partial charge is 0.465 e. The fraction of sp³-hybridized carbons (Fsp3) is 0.357. The minimum atomic E-state index is -0.392. The molecule has 2 heterocycles. The van der Waals surface area contributed by atoms with E-state index in [1.807, 2.05) is 0 Å². The summed E-state index contributed by atoms with van der Waals surface area (Å²) in [5, 5.41) is 0. The molecule has 21 heavy (non-hydrogen) atoms. The molecule has 110 valence electrons. The van der Waals surface area contributed by atoms with E-state index in [-0.39, 0.29) is 0 Å². The first-order valence-electron chi connectivity index (χ1n) is 6.56. The van der Waals surface area contributed by atoms with Gasteiger partial charge in [-0.1, -0.05) is 0 Å². The zero-order valence-electron chi connectivity index (χ0n) is 11.5. The van der Waals surface area contributed by atoms with Crippen molar-refractivity contribution in [1.29, 1.82) is 0 Å². The summed E-state index contributed by atoms with van der Waals surface area (Å²) in [7, 11) is 1.35. The molecule has 3 rings (SSSR count). The number of esters is 1. The number of hydrogen-bond donors (Lipinski definition) is 0. The summed E-state index contributed by atoms with van der Waals surface area (Å²) in [5.74, 6) is 0.425. The van der Waals surface area contributed by atoms with Crippen LogP contribution in [0.25, 0.3) is 11.0 Å². The van der Waals surface area contributed by atoms with Crippen LogP contribution in [-0.4, -0.2) is 49.4 Å². The number of anilines is 1. The number of nitrogens with zero attached hydrogens (tertiary/aromatic N) is 3. The van der Waals surface area contributed by atoms with Crippen LogP contribution in [0, 0.1) is 0 Å². The van der Waals surface area contributed by atoms with Gasteiger partial charge in [0.2, 0.25) is 0 Å². The molecule has 6 nitrogen and oxygen atoms in total. The molecule has 0 amide bonds. The number of morpholine rings is 1. The maximum atomic E-state index is 11.6. The number of carbonyl (C=O) groups excluding carboxylic acids is 1. The van der Waals surface area contributed by atoms with Crippen LogP contribution >= 0.6 is 15.9 Å². The van der Waals surface area contributed by atoms with E-state index in [1.165, 1.54) is 7.11 Å². The second-order valence-electron chi connectivity index (χ2n) is 4.65.